The van der Waals surface area contributed by atoms with E-state index in [0.29, 0.717) is 5.69 Å². The molecule has 6 nitrogen and oxygen atoms in total. The SMILES string of the molecule is Cc1[nH]c(-c2cccc(C(F)(F)F)c2)nc1C(=O)N(CCC(=O)O)C(C)C. The number of halogens is 3. The van der Waals surface area contributed by atoms with E-state index in [1.165, 1.54) is 17.0 Å². The van der Waals surface area contributed by atoms with Crippen LogP contribution in [0.15, 0.2) is 24.3 Å². The van der Waals surface area contributed by atoms with Gasteiger partial charge in [0.2, 0.25) is 0 Å². The summed E-state index contributed by atoms with van der Waals surface area (Å²) >= 11 is 0. The number of hydrogen-bond donors (Lipinski definition) is 2. The lowest BCUT2D eigenvalue weighted by Crippen LogP contribution is -2.39. The van der Waals surface area contributed by atoms with E-state index in [1.807, 2.05) is 0 Å². The molecule has 0 saturated carbocycles. The number of imidazole rings is 1. The normalized spacial score (nSPS) is 11.7. The van der Waals surface area contributed by atoms with Gasteiger partial charge < -0.3 is 15.0 Å². The fourth-order valence-electron chi connectivity index (χ4n) is 2.59. The number of alkyl halides is 3. The minimum absolute atomic E-state index is 0.0109. The van der Waals surface area contributed by atoms with Gasteiger partial charge in [-0.2, -0.15) is 13.2 Å². The van der Waals surface area contributed by atoms with E-state index in [4.69, 9.17) is 5.11 Å². The van der Waals surface area contributed by atoms with E-state index in [1.54, 1.807) is 20.8 Å². The number of nitrogens with zero attached hydrogens (tertiary/aromatic N) is 2. The van der Waals surface area contributed by atoms with Crippen molar-refractivity contribution in [3.63, 3.8) is 0 Å². The molecule has 0 aliphatic rings. The number of aliphatic carboxylic acids is 1. The van der Waals surface area contributed by atoms with Gasteiger partial charge >= 0.3 is 12.1 Å². The summed E-state index contributed by atoms with van der Waals surface area (Å²) in [4.78, 5) is 31.9. The minimum Gasteiger partial charge on any atom is -0.481 e. The van der Waals surface area contributed by atoms with Gasteiger partial charge in [-0.15, -0.1) is 0 Å². The quantitative estimate of drug-likeness (QED) is 0.796. The molecule has 2 aromatic rings. The Hall–Kier alpha value is -2.84. The molecule has 0 bridgehead atoms. The Morgan fingerprint density at radius 2 is 1.96 bits per heavy atom. The molecule has 0 aliphatic heterocycles. The maximum absolute atomic E-state index is 12.9. The number of aryl methyl sites for hydroxylation is 1. The Kier molecular flexibility index (Phi) is 5.92. The van der Waals surface area contributed by atoms with Crippen LogP contribution in [0.25, 0.3) is 11.4 Å². The predicted octanol–water partition coefficient (Wildman–Crippen LogP) is 3.73. The molecule has 1 heterocycles. The number of carbonyl (C=O) groups is 2. The highest BCUT2D eigenvalue weighted by Gasteiger charge is 2.31. The number of carboxylic acid groups (broad SMARTS) is 1. The molecule has 27 heavy (non-hydrogen) atoms. The van der Waals surface area contributed by atoms with Crippen LogP contribution in [0.5, 0.6) is 0 Å². The molecule has 2 N–H and O–H groups in total. The van der Waals surface area contributed by atoms with E-state index in [2.05, 4.69) is 9.97 Å². The third kappa shape index (κ3) is 4.87. The molecule has 146 valence electrons. The lowest BCUT2D eigenvalue weighted by molar-refractivity contribution is -0.138. The summed E-state index contributed by atoms with van der Waals surface area (Å²) in [7, 11) is 0. The van der Waals surface area contributed by atoms with E-state index >= 15 is 0 Å². The number of H-pyrrole nitrogens is 1. The largest absolute Gasteiger partial charge is 0.481 e. The monoisotopic (exact) mass is 383 g/mol. The zero-order valence-electron chi connectivity index (χ0n) is 15.1. The molecular weight excluding hydrogens is 363 g/mol. The summed E-state index contributed by atoms with van der Waals surface area (Å²) in [5.74, 6) is -1.36. The molecule has 1 aromatic heterocycles. The van der Waals surface area contributed by atoms with Gasteiger partial charge in [0, 0.05) is 23.8 Å². The number of benzene rings is 1. The van der Waals surface area contributed by atoms with Gasteiger partial charge in [-0.25, -0.2) is 4.98 Å². The highest BCUT2D eigenvalue weighted by Crippen LogP contribution is 2.31. The van der Waals surface area contributed by atoms with Gasteiger partial charge in [0.15, 0.2) is 0 Å². The number of carbonyl (C=O) groups excluding carboxylic acids is 1. The second-order valence-corrected chi connectivity index (χ2v) is 6.37. The van der Waals surface area contributed by atoms with E-state index < -0.39 is 23.6 Å². The van der Waals surface area contributed by atoms with Crippen molar-refractivity contribution in [3.8, 4) is 11.4 Å². The zero-order valence-corrected chi connectivity index (χ0v) is 15.1. The van der Waals surface area contributed by atoms with E-state index in [9.17, 15) is 22.8 Å². The number of amides is 1. The number of hydrogen-bond acceptors (Lipinski definition) is 3. The van der Waals surface area contributed by atoms with Crippen LogP contribution in [-0.2, 0) is 11.0 Å². The molecule has 0 radical (unpaired) electrons. The van der Waals surface area contributed by atoms with Gasteiger partial charge in [-0.3, -0.25) is 9.59 Å². The lowest BCUT2D eigenvalue weighted by Gasteiger charge is -2.25. The third-order valence-electron chi connectivity index (χ3n) is 4.00. The summed E-state index contributed by atoms with van der Waals surface area (Å²) in [6, 6.07) is 4.39. The average Bonchev–Trinajstić information content (AvgIpc) is 2.95. The van der Waals surface area contributed by atoms with Crippen LogP contribution >= 0.6 is 0 Å². The van der Waals surface area contributed by atoms with Crippen LogP contribution < -0.4 is 0 Å². The first-order valence-electron chi connectivity index (χ1n) is 8.27. The van der Waals surface area contributed by atoms with Crippen LogP contribution in [0.3, 0.4) is 0 Å². The molecule has 0 unspecified atom stereocenters. The second-order valence-electron chi connectivity index (χ2n) is 6.37. The van der Waals surface area contributed by atoms with Crippen molar-refractivity contribution in [1.82, 2.24) is 14.9 Å². The van der Waals surface area contributed by atoms with Crippen molar-refractivity contribution in [2.75, 3.05) is 6.54 Å². The van der Waals surface area contributed by atoms with Gasteiger partial charge in [0.25, 0.3) is 5.91 Å². The highest BCUT2D eigenvalue weighted by molar-refractivity contribution is 5.94. The highest BCUT2D eigenvalue weighted by atomic mass is 19.4. The van der Waals surface area contributed by atoms with Crippen LogP contribution in [0.2, 0.25) is 0 Å². The van der Waals surface area contributed by atoms with Gasteiger partial charge in [-0.1, -0.05) is 12.1 Å². The van der Waals surface area contributed by atoms with Crippen molar-refractivity contribution in [2.45, 2.75) is 39.4 Å². The van der Waals surface area contributed by atoms with Gasteiger partial charge in [-0.05, 0) is 32.9 Å². The fraction of sp³-hybridized carbons (Fsp3) is 0.389. The maximum atomic E-state index is 12.9. The first-order chi connectivity index (χ1) is 12.5. The number of carboxylic acids is 1. The Balaban J connectivity index is 2.35. The summed E-state index contributed by atoms with van der Waals surface area (Å²) < 4.78 is 38.7. The Bertz CT molecular complexity index is 844. The second kappa shape index (κ2) is 7.81. The van der Waals surface area contributed by atoms with Crippen molar-refractivity contribution in [3.05, 3.63) is 41.2 Å². The molecule has 0 spiro atoms. The zero-order chi connectivity index (χ0) is 20.4. The van der Waals surface area contributed by atoms with Crippen LogP contribution in [0, 0.1) is 6.92 Å². The topological polar surface area (TPSA) is 86.3 Å². The van der Waals surface area contributed by atoms with Crippen LogP contribution in [0.4, 0.5) is 13.2 Å². The molecule has 2 rings (SSSR count). The summed E-state index contributed by atoms with van der Waals surface area (Å²) in [5, 5.41) is 8.84. The third-order valence-corrected chi connectivity index (χ3v) is 4.00. The number of aromatic nitrogens is 2. The van der Waals surface area contributed by atoms with Crippen molar-refractivity contribution < 1.29 is 27.9 Å². The Morgan fingerprint density at radius 3 is 2.52 bits per heavy atom. The average molecular weight is 383 g/mol. The van der Waals surface area contributed by atoms with Crippen molar-refractivity contribution in [1.29, 1.82) is 0 Å². The molecule has 0 aliphatic carbocycles. The van der Waals surface area contributed by atoms with Crippen molar-refractivity contribution >= 4 is 11.9 Å². The minimum atomic E-state index is -4.48. The lowest BCUT2D eigenvalue weighted by atomic mass is 10.1. The number of nitrogens with one attached hydrogen (secondary N) is 1. The van der Waals surface area contributed by atoms with E-state index in [-0.39, 0.29) is 36.1 Å². The molecule has 1 amide bonds. The van der Waals surface area contributed by atoms with Crippen LogP contribution in [-0.4, -0.2) is 44.4 Å². The van der Waals surface area contributed by atoms with Gasteiger partial charge in [0.05, 0.1) is 12.0 Å². The van der Waals surface area contributed by atoms with Gasteiger partial charge in [0.1, 0.15) is 11.5 Å². The molecule has 0 atom stereocenters. The van der Waals surface area contributed by atoms with E-state index in [0.717, 1.165) is 12.1 Å². The summed E-state index contributed by atoms with van der Waals surface area (Å²) in [6.07, 6.45) is -4.70. The number of aromatic amines is 1. The fourth-order valence-corrected chi connectivity index (χ4v) is 2.59. The smallest absolute Gasteiger partial charge is 0.416 e. The maximum Gasteiger partial charge on any atom is 0.416 e. The predicted molar refractivity (Wildman–Crippen MR) is 92.2 cm³/mol. The number of rotatable bonds is 6. The molecule has 0 saturated heterocycles. The molecular formula is C18H20F3N3O3. The Labute approximate surface area is 154 Å². The Morgan fingerprint density at radius 1 is 1.30 bits per heavy atom. The molecule has 9 heteroatoms. The standard InChI is InChI=1S/C18H20F3N3O3/c1-10(2)24(8-7-14(25)26)17(27)15-11(3)22-16(23-15)12-5-4-6-13(9-12)18(19,20)21/h4-6,9-10H,7-8H2,1-3H3,(H,22,23)(H,25,26). The molecule has 1 aromatic carbocycles. The van der Waals surface area contributed by atoms with Crippen LogP contribution in [0.1, 0.15) is 42.0 Å². The first-order valence-corrected chi connectivity index (χ1v) is 8.27. The van der Waals surface area contributed by atoms with Crippen molar-refractivity contribution in [2.24, 2.45) is 0 Å². The first kappa shape index (κ1) is 20.5. The summed E-state index contributed by atoms with van der Waals surface area (Å²) in [5.41, 5.74) is -0.157. The summed E-state index contributed by atoms with van der Waals surface area (Å²) in [6.45, 7) is 5.09. The molecule has 0 fully saturated rings.